The van der Waals surface area contributed by atoms with Crippen LogP contribution in [0.1, 0.15) is 48.7 Å². The number of benzene rings is 5. The first-order valence-electron chi connectivity index (χ1n) is 16.9. The van der Waals surface area contributed by atoms with E-state index in [1.165, 1.54) is 33.2 Å². The van der Waals surface area contributed by atoms with Gasteiger partial charge in [-0.2, -0.15) is 0 Å². The van der Waals surface area contributed by atoms with Crippen LogP contribution in [0.2, 0.25) is 0 Å². The van der Waals surface area contributed by atoms with Gasteiger partial charge in [0.1, 0.15) is 0 Å². The minimum atomic E-state index is -0.100. The van der Waals surface area contributed by atoms with E-state index in [9.17, 15) is 0 Å². The van der Waals surface area contributed by atoms with Crippen LogP contribution in [-0.2, 0) is 5.41 Å². The van der Waals surface area contributed by atoms with Crippen LogP contribution in [0.4, 0.5) is 0 Å². The van der Waals surface area contributed by atoms with Gasteiger partial charge in [0, 0.05) is 44.5 Å². The second-order valence-electron chi connectivity index (χ2n) is 13.4. The van der Waals surface area contributed by atoms with Crippen LogP contribution in [0.15, 0.2) is 152 Å². The number of fused-ring (bicyclic) bond motifs is 5. The summed E-state index contributed by atoms with van der Waals surface area (Å²) in [6, 6.07) is 46.6. The largest absolute Gasteiger partial charge is 0.247 e. The molecule has 0 saturated carbocycles. The SMILES string of the molecule is CC1(C)c2ccccc2-c2c1ccc1c(C3C=C(c4nc(-c5ccccc5)nc(-c5ccccc5)n4)C=CC3)cc(-c3ccccc3)nc21. The molecule has 0 spiro atoms. The van der Waals surface area contributed by atoms with Crippen molar-refractivity contribution in [3.8, 4) is 45.2 Å². The molecule has 2 aliphatic rings. The fourth-order valence-corrected chi connectivity index (χ4v) is 7.55. The zero-order chi connectivity index (χ0) is 33.0. The first kappa shape index (κ1) is 29.2. The van der Waals surface area contributed by atoms with E-state index in [2.05, 4.69) is 105 Å². The highest BCUT2D eigenvalue weighted by molar-refractivity contribution is 6.02. The molecular weight excluding hydrogens is 597 g/mol. The smallest absolute Gasteiger partial charge is 0.164 e. The molecule has 0 fully saturated rings. The first-order chi connectivity index (χ1) is 24.0. The highest BCUT2D eigenvalue weighted by Crippen LogP contribution is 2.52. The van der Waals surface area contributed by atoms with Gasteiger partial charge in [-0.3, -0.25) is 0 Å². The molecule has 9 rings (SSSR count). The molecular formula is C45H34N4. The van der Waals surface area contributed by atoms with Gasteiger partial charge in [-0.25, -0.2) is 19.9 Å². The Kier molecular flexibility index (Phi) is 6.91. The van der Waals surface area contributed by atoms with Crippen molar-refractivity contribution in [1.82, 2.24) is 19.9 Å². The summed E-state index contributed by atoms with van der Waals surface area (Å²) >= 11 is 0. The third-order valence-corrected chi connectivity index (χ3v) is 10.1. The van der Waals surface area contributed by atoms with Crippen LogP contribution >= 0.6 is 0 Å². The second-order valence-corrected chi connectivity index (χ2v) is 13.4. The average Bonchev–Trinajstić information content (AvgIpc) is 3.41. The van der Waals surface area contributed by atoms with Crippen molar-refractivity contribution in [2.45, 2.75) is 31.6 Å². The highest BCUT2D eigenvalue weighted by atomic mass is 15.0. The van der Waals surface area contributed by atoms with Crippen molar-refractivity contribution in [2.24, 2.45) is 0 Å². The summed E-state index contributed by atoms with van der Waals surface area (Å²) in [4.78, 5) is 20.4. The quantitative estimate of drug-likeness (QED) is 0.190. The lowest BCUT2D eigenvalue weighted by Crippen LogP contribution is -2.14. The molecule has 4 heteroatoms. The van der Waals surface area contributed by atoms with Gasteiger partial charge in [-0.1, -0.05) is 159 Å². The van der Waals surface area contributed by atoms with Crippen LogP contribution in [0.5, 0.6) is 0 Å². The van der Waals surface area contributed by atoms with Crippen molar-refractivity contribution >= 4 is 16.5 Å². The predicted molar refractivity (Wildman–Crippen MR) is 200 cm³/mol. The Morgan fingerprint density at radius 1 is 0.571 bits per heavy atom. The van der Waals surface area contributed by atoms with Crippen molar-refractivity contribution in [1.29, 1.82) is 0 Å². The first-order valence-corrected chi connectivity index (χ1v) is 16.9. The molecule has 1 unspecified atom stereocenters. The molecule has 2 aromatic heterocycles. The van der Waals surface area contributed by atoms with Crippen LogP contribution in [-0.4, -0.2) is 19.9 Å². The van der Waals surface area contributed by atoms with Gasteiger partial charge in [0.2, 0.25) is 0 Å². The maximum absolute atomic E-state index is 5.43. The number of aromatic nitrogens is 4. The molecule has 234 valence electrons. The van der Waals surface area contributed by atoms with Gasteiger partial charge >= 0.3 is 0 Å². The predicted octanol–water partition coefficient (Wildman–Crippen LogP) is 10.9. The highest BCUT2D eigenvalue weighted by Gasteiger charge is 2.37. The van der Waals surface area contributed by atoms with E-state index < -0.39 is 0 Å². The Balaban J connectivity index is 1.24. The maximum Gasteiger partial charge on any atom is 0.164 e. The number of allylic oxidation sites excluding steroid dienone is 4. The lowest BCUT2D eigenvalue weighted by Gasteiger charge is -2.23. The molecule has 0 amide bonds. The Hall–Kier alpha value is -6.00. The van der Waals surface area contributed by atoms with Crippen LogP contribution in [0, 0.1) is 0 Å². The zero-order valence-corrected chi connectivity index (χ0v) is 27.5. The third kappa shape index (κ3) is 4.99. The zero-order valence-electron chi connectivity index (χ0n) is 27.5. The molecule has 0 aliphatic heterocycles. The van der Waals surface area contributed by atoms with Crippen molar-refractivity contribution in [3.63, 3.8) is 0 Å². The van der Waals surface area contributed by atoms with E-state index in [1.807, 2.05) is 60.7 Å². The molecule has 0 N–H and O–H groups in total. The van der Waals surface area contributed by atoms with E-state index in [0.717, 1.165) is 39.9 Å². The van der Waals surface area contributed by atoms with E-state index in [-0.39, 0.29) is 11.3 Å². The van der Waals surface area contributed by atoms with Gasteiger partial charge in [-0.05, 0) is 34.7 Å². The molecule has 0 bridgehead atoms. The van der Waals surface area contributed by atoms with Crippen LogP contribution < -0.4 is 0 Å². The van der Waals surface area contributed by atoms with Crippen molar-refractivity contribution in [3.05, 3.63) is 174 Å². The standard InChI is InChI=1S/C45H34N4/c1-45(2)37-24-13-12-23-35(37)40-38(45)26-25-34-36(28-39(46-41(34)40)29-15-6-3-7-16-29)32-21-14-22-33(27-32)44-48-42(30-17-8-4-9-18-30)47-43(49-44)31-19-10-5-11-20-31/h3-20,22-28,32H,21H2,1-2H3. The molecule has 1 atom stereocenters. The van der Waals surface area contributed by atoms with E-state index in [4.69, 9.17) is 19.9 Å². The van der Waals surface area contributed by atoms with Crippen LogP contribution in [0.3, 0.4) is 0 Å². The summed E-state index contributed by atoms with van der Waals surface area (Å²) < 4.78 is 0. The van der Waals surface area contributed by atoms with Crippen LogP contribution in [0.25, 0.3) is 61.6 Å². The summed E-state index contributed by atoms with van der Waals surface area (Å²) in [6.45, 7) is 4.66. The third-order valence-electron chi connectivity index (χ3n) is 10.1. The van der Waals surface area contributed by atoms with Gasteiger partial charge < -0.3 is 0 Å². The molecule has 49 heavy (non-hydrogen) atoms. The lowest BCUT2D eigenvalue weighted by molar-refractivity contribution is 0.661. The number of pyridine rings is 1. The van der Waals surface area contributed by atoms with Gasteiger partial charge in [0.25, 0.3) is 0 Å². The lowest BCUT2D eigenvalue weighted by atomic mass is 9.81. The number of rotatable bonds is 5. The molecule has 5 aromatic carbocycles. The van der Waals surface area contributed by atoms with E-state index >= 15 is 0 Å². The fourth-order valence-electron chi connectivity index (χ4n) is 7.55. The number of nitrogens with zero attached hydrogens (tertiary/aromatic N) is 4. The summed E-state index contributed by atoms with van der Waals surface area (Å²) in [5.74, 6) is 2.11. The minimum Gasteiger partial charge on any atom is -0.247 e. The molecule has 2 aliphatic carbocycles. The minimum absolute atomic E-state index is 0.100. The summed E-state index contributed by atoms with van der Waals surface area (Å²) in [6.07, 6.45) is 7.63. The van der Waals surface area contributed by atoms with E-state index in [0.29, 0.717) is 17.5 Å². The van der Waals surface area contributed by atoms with E-state index in [1.54, 1.807) is 0 Å². The number of hydrogen-bond donors (Lipinski definition) is 0. The van der Waals surface area contributed by atoms with Gasteiger partial charge in [-0.15, -0.1) is 0 Å². The van der Waals surface area contributed by atoms with Crippen molar-refractivity contribution < 1.29 is 0 Å². The Labute approximate surface area is 286 Å². The molecule has 0 saturated heterocycles. The summed E-state index contributed by atoms with van der Waals surface area (Å²) in [5, 5.41) is 1.19. The van der Waals surface area contributed by atoms with Gasteiger partial charge in [0.05, 0.1) is 11.2 Å². The molecule has 2 heterocycles. The Morgan fingerprint density at radius 3 is 1.84 bits per heavy atom. The maximum atomic E-state index is 5.43. The van der Waals surface area contributed by atoms with Gasteiger partial charge in [0.15, 0.2) is 17.5 Å². The Morgan fingerprint density at radius 2 is 1.16 bits per heavy atom. The topological polar surface area (TPSA) is 51.6 Å². The molecule has 4 nitrogen and oxygen atoms in total. The number of hydrogen-bond acceptors (Lipinski definition) is 4. The second kappa shape index (κ2) is 11.6. The fraction of sp³-hybridized carbons (Fsp3) is 0.111. The monoisotopic (exact) mass is 630 g/mol. The summed E-state index contributed by atoms with van der Waals surface area (Å²) in [7, 11) is 0. The average molecular weight is 631 g/mol. The summed E-state index contributed by atoms with van der Waals surface area (Å²) in [5.41, 5.74) is 12.5. The van der Waals surface area contributed by atoms with Crippen molar-refractivity contribution in [2.75, 3.05) is 0 Å². The Bertz CT molecular complexity index is 2370. The molecule has 0 radical (unpaired) electrons. The molecule has 7 aromatic rings. The normalized spacial score (nSPS) is 15.9.